The van der Waals surface area contributed by atoms with Crippen LogP contribution in [0.25, 0.3) is 0 Å². The van der Waals surface area contributed by atoms with Gasteiger partial charge in [-0.25, -0.2) is 0 Å². The summed E-state index contributed by atoms with van der Waals surface area (Å²) in [7, 11) is 0. The maximum absolute atomic E-state index is 8.70. The molecule has 0 spiro atoms. The molecule has 78 valence electrons. The second-order valence-electron chi connectivity index (χ2n) is 3.84. The monoisotopic (exact) mass is 265 g/mol. The number of benzene rings is 1. The summed E-state index contributed by atoms with van der Waals surface area (Å²) in [6.45, 7) is 0.773. The standard InChI is InChI=1S/C12H12BrNO/c13-11-7-10(8-14)3-4-12(11)15-6-5-9-1-2-9/h3-4,7,9H,1-2,5-6H2. The van der Waals surface area contributed by atoms with Gasteiger partial charge in [0, 0.05) is 0 Å². The molecule has 0 saturated heterocycles. The van der Waals surface area contributed by atoms with E-state index < -0.39 is 0 Å². The van der Waals surface area contributed by atoms with Crippen molar-refractivity contribution in [3.63, 3.8) is 0 Å². The van der Waals surface area contributed by atoms with Crippen molar-refractivity contribution in [1.29, 1.82) is 5.26 Å². The van der Waals surface area contributed by atoms with Gasteiger partial charge >= 0.3 is 0 Å². The molecule has 0 atom stereocenters. The second kappa shape index (κ2) is 4.67. The molecule has 1 aromatic rings. The van der Waals surface area contributed by atoms with E-state index in [0.717, 1.165) is 29.2 Å². The molecule has 15 heavy (non-hydrogen) atoms. The molecule has 1 aliphatic rings. The Bertz CT molecular complexity index is 393. The minimum Gasteiger partial charge on any atom is -0.492 e. The Morgan fingerprint density at radius 2 is 2.27 bits per heavy atom. The van der Waals surface area contributed by atoms with E-state index in [1.807, 2.05) is 6.07 Å². The summed E-state index contributed by atoms with van der Waals surface area (Å²) >= 11 is 3.39. The number of hydrogen-bond donors (Lipinski definition) is 0. The summed E-state index contributed by atoms with van der Waals surface area (Å²) in [6, 6.07) is 7.50. The minimum atomic E-state index is 0.649. The molecule has 2 nitrogen and oxygen atoms in total. The molecule has 0 aromatic heterocycles. The van der Waals surface area contributed by atoms with Gasteiger partial charge in [-0.3, -0.25) is 0 Å². The van der Waals surface area contributed by atoms with Gasteiger partial charge in [-0.2, -0.15) is 5.26 Å². The van der Waals surface area contributed by atoms with Crippen molar-refractivity contribution >= 4 is 15.9 Å². The topological polar surface area (TPSA) is 33.0 Å². The molecule has 0 aliphatic heterocycles. The van der Waals surface area contributed by atoms with E-state index in [0.29, 0.717) is 5.56 Å². The van der Waals surface area contributed by atoms with Gasteiger partial charge in [0.2, 0.25) is 0 Å². The van der Waals surface area contributed by atoms with Crippen LogP contribution in [0.5, 0.6) is 5.75 Å². The van der Waals surface area contributed by atoms with Crippen LogP contribution in [0.2, 0.25) is 0 Å². The van der Waals surface area contributed by atoms with Crippen molar-refractivity contribution in [3.05, 3.63) is 28.2 Å². The van der Waals surface area contributed by atoms with Crippen molar-refractivity contribution < 1.29 is 4.74 Å². The Morgan fingerprint density at radius 3 is 2.87 bits per heavy atom. The van der Waals surface area contributed by atoms with Crippen molar-refractivity contribution in [3.8, 4) is 11.8 Å². The summed E-state index contributed by atoms with van der Waals surface area (Å²) in [4.78, 5) is 0. The van der Waals surface area contributed by atoms with Crippen molar-refractivity contribution in [2.75, 3.05) is 6.61 Å². The number of rotatable bonds is 4. The van der Waals surface area contributed by atoms with E-state index in [-0.39, 0.29) is 0 Å². The summed E-state index contributed by atoms with van der Waals surface area (Å²) in [5.41, 5.74) is 0.649. The number of halogens is 1. The molecular formula is C12H12BrNO. The zero-order valence-electron chi connectivity index (χ0n) is 8.37. The fourth-order valence-corrected chi connectivity index (χ4v) is 1.92. The zero-order chi connectivity index (χ0) is 10.7. The van der Waals surface area contributed by atoms with Crippen LogP contribution in [0.4, 0.5) is 0 Å². The molecule has 0 heterocycles. The third-order valence-electron chi connectivity index (χ3n) is 2.54. The Morgan fingerprint density at radius 1 is 1.47 bits per heavy atom. The molecule has 0 unspecified atom stereocenters. The molecule has 1 aliphatic carbocycles. The van der Waals surface area contributed by atoms with Crippen molar-refractivity contribution in [2.45, 2.75) is 19.3 Å². The Labute approximate surface area is 98.0 Å². The number of nitriles is 1. The van der Waals surface area contributed by atoms with E-state index in [1.165, 1.54) is 12.8 Å². The summed E-state index contributed by atoms with van der Waals surface area (Å²) < 4.78 is 6.49. The first-order valence-corrected chi connectivity index (χ1v) is 5.91. The van der Waals surface area contributed by atoms with E-state index >= 15 is 0 Å². The third kappa shape index (κ3) is 2.97. The van der Waals surface area contributed by atoms with E-state index in [9.17, 15) is 0 Å². The van der Waals surface area contributed by atoms with Gasteiger partial charge in [0.05, 0.1) is 22.7 Å². The maximum atomic E-state index is 8.70. The van der Waals surface area contributed by atoms with E-state index in [2.05, 4.69) is 22.0 Å². The van der Waals surface area contributed by atoms with Gasteiger partial charge in [-0.1, -0.05) is 12.8 Å². The maximum Gasteiger partial charge on any atom is 0.133 e. The predicted molar refractivity (Wildman–Crippen MR) is 61.7 cm³/mol. The van der Waals surface area contributed by atoms with Gasteiger partial charge in [-0.15, -0.1) is 0 Å². The van der Waals surface area contributed by atoms with Gasteiger partial charge in [0.1, 0.15) is 5.75 Å². The summed E-state index contributed by atoms with van der Waals surface area (Å²) in [5, 5.41) is 8.70. The third-order valence-corrected chi connectivity index (χ3v) is 3.16. The van der Waals surface area contributed by atoms with E-state index in [1.54, 1.807) is 12.1 Å². The average Bonchev–Trinajstić information content (AvgIpc) is 3.04. The van der Waals surface area contributed by atoms with Crippen LogP contribution in [0.15, 0.2) is 22.7 Å². The quantitative estimate of drug-likeness (QED) is 0.835. The predicted octanol–water partition coefficient (Wildman–Crippen LogP) is 3.50. The lowest BCUT2D eigenvalue weighted by atomic mass is 10.2. The van der Waals surface area contributed by atoms with Crippen molar-refractivity contribution in [1.82, 2.24) is 0 Å². The number of ether oxygens (including phenoxy) is 1. The van der Waals surface area contributed by atoms with Crippen LogP contribution in [-0.4, -0.2) is 6.61 Å². The highest BCUT2D eigenvalue weighted by atomic mass is 79.9. The highest BCUT2D eigenvalue weighted by Gasteiger charge is 2.20. The molecule has 0 radical (unpaired) electrons. The van der Waals surface area contributed by atoms with Crippen LogP contribution in [0.1, 0.15) is 24.8 Å². The zero-order valence-corrected chi connectivity index (χ0v) is 9.96. The van der Waals surface area contributed by atoms with E-state index in [4.69, 9.17) is 10.00 Å². The van der Waals surface area contributed by atoms with Gasteiger partial charge in [0.25, 0.3) is 0 Å². The Hall–Kier alpha value is -1.01. The van der Waals surface area contributed by atoms with Crippen LogP contribution in [0, 0.1) is 17.2 Å². The molecule has 1 aromatic carbocycles. The Kier molecular flexibility index (Phi) is 3.27. The van der Waals surface area contributed by atoms with Crippen LogP contribution < -0.4 is 4.74 Å². The lowest BCUT2D eigenvalue weighted by Gasteiger charge is -2.07. The SMILES string of the molecule is N#Cc1ccc(OCCC2CC2)c(Br)c1. The molecule has 1 fully saturated rings. The molecule has 2 rings (SSSR count). The largest absolute Gasteiger partial charge is 0.492 e. The lowest BCUT2D eigenvalue weighted by molar-refractivity contribution is 0.300. The van der Waals surface area contributed by atoms with Crippen molar-refractivity contribution in [2.24, 2.45) is 5.92 Å². The average molecular weight is 266 g/mol. The summed E-state index contributed by atoms with van der Waals surface area (Å²) in [5.74, 6) is 1.72. The number of hydrogen-bond acceptors (Lipinski definition) is 2. The van der Waals surface area contributed by atoms with Gasteiger partial charge in [-0.05, 0) is 46.5 Å². The van der Waals surface area contributed by atoms with Gasteiger partial charge < -0.3 is 4.74 Å². The molecule has 3 heteroatoms. The summed E-state index contributed by atoms with van der Waals surface area (Å²) in [6.07, 6.45) is 3.86. The fraction of sp³-hybridized carbons (Fsp3) is 0.417. The first-order valence-electron chi connectivity index (χ1n) is 5.12. The number of nitrogens with zero attached hydrogens (tertiary/aromatic N) is 1. The van der Waals surface area contributed by atoms with Crippen LogP contribution in [0.3, 0.4) is 0 Å². The fourth-order valence-electron chi connectivity index (χ4n) is 1.43. The highest BCUT2D eigenvalue weighted by molar-refractivity contribution is 9.10. The first-order chi connectivity index (χ1) is 7.29. The normalized spacial score (nSPS) is 14.7. The van der Waals surface area contributed by atoms with Crippen LogP contribution >= 0.6 is 15.9 Å². The molecule has 0 N–H and O–H groups in total. The molecule has 0 bridgehead atoms. The smallest absolute Gasteiger partial charge is 0.133 e. The van der Waals surface area contributed by atoms with Crippen LogP contribution in [-0.2, 0) is 0 Å². The molecule has 1 saturated carbocycles. The highest BCUT2D eigenvalue weighted by Crippen LogP contribution is 2.33. The Balaban J connectivity index is 1.92. The minimum absolute atomic E-state index is 0.649. The van der Waals surface area contributed by atoms with Gasteiger partial charge in [0.15, 0.2) is 0 Å². The lowest BCUT2D eigenvalue weighted by Crippen LogP contribution is -1.98. The molecular weight excluding hydrogens is 254 g/mol. The second-order valence-corrected chi connectivity index (χ2v) is 4.69. The first kappa shape index (κ1) is 10.5. The molecule has 0 amide bonds.